The number of carbonyl (C=O) groups excluding carboxylic acids is 1. The minimum atomic E-state index is -0.0324. The molecule has 3 nitrogen and oxygen atoms in total. The van der Waals surface area contributed by atoms with Gasteiger partial charge in [-0.1, -0.05) is 48.6 Å². The van der Waals surface area contributed by atoms with Crippen LogP contribution in [0.15, 0.2) is 67.8 Å². The predicted molar refractivity (Wildman–Crippen MR) is 89.4 cm³/mol. The normalized spacial score (nSPS) is 10.5. The van der Waals surface area contributed by atoms with Crippen molar-refractivity contribution in [3.63, 3.8) is 0 Å². The molecule has 3 heteroatoms. The van der Waals surface area contributed by atoms with Crippen LogP contribution in [0, 0.1) is 0 Å². The first-order chi connectivity index (χ1) is 10.2. The fourth-order valence-corrected chi connectivity index (χ4v) is 2.30. The second-order valence-electron chi connectivity index (χ2n) is 4.85. The van der Waals surface area contributed by atoms with E-state index in [1.807, 2.05) is 47.4 Å². The summed E-state index contributed by atoms with van der Waals surface area (Å²) in [6, 6.07) is 13.9. The molecule has 0 fully saturated rings. The molecule has 0 saturated carbocycles. The lowest BCUT2D eigenvalue weighted by Crippen LogP contribution is -2.33. The van der Waals surface area contributed by atoms with Gasteiger partial charge in [0.1, 0.15) is 0 Å². The first-order valence-corrected chi connectivity index (χ1v) is 6.96. The molecule has 2 aromatic carbocycles. The molecule has 0 aliphatic heterocycles. The van der Waals surface area contributed by atoms with Crippen LogP contribution in [0.5, 0.6) is 0 Å². The fourth-order valence-electron chi connectivity index (χ4n) is 2.30. The van der Waals surface area contributed by atoms with Crippen molar-refractivity contribution in [2.24, 2.45) is 0 Å². The van der Waals surface area contributed by atoms with Gasteiger partial charge in [-0.25, -0.2) is 0 Å². The molecule has 0 aromatic heterocycles. The van der Waals surface area contributed by atoms with Gasteiger partial charge in [0.2, 0.25) is 5.91 Å². The average Bonchev–Trinajstić information content (AvgIpc) is 2.48. The molecule has 2 rings (SSSR count). The molecule has 0 aliphatic rings. The van der Waals surface area contributed by atoms with E-state index in [2.05, 4.69) is 18.5 Å². The molecule has 0 aliphatic carbocycles. The Hall–Kier alpha value is -2.39. The van der Waals surface area contributed by atoms with Crippen LogP contribution in [0.3, 0.4) is 0 Å². The van der Waals surface area contributed by atoms with E-state index in [1.54, 1.807) is 12.2 Å². The highest BCUT2D eigenvalue weighted by molar-refractivity contribution is 6.02. The number of carbonyl (C=O) groups is 1. The molecule has 0 unspecified atom stereocenters. The molecule has 0 spiro atoms. The maximum Gasteiger partial charge on any atom is 0.238 e. The molecule has 108 valence electrons. The van der Waals surface area contributed by atoms with Crippen molar-refractivity contribution in [2.45, 2.75) is 0 Å². The SMILES string of the molecule is C=CCN(CC=C)CC(=O)Nc1cccc2ccccc12. The highest BCUT2D eigenvalue weighted by atomic mass is 16.2. The molecule has 0 heterocycles. The van der Waals surface area contributed by atoms with Crippen LogP contribution in [-0.2, 0) is 4.79 Å². The van der Waals surface area contributed by atoms with Gasteiger partial charge < -0.3 is 5.32 Å². The van der Waals surface area contributed by atoms with E-state index < -0.39 is 0 Å². The van der Waals surface area contributed by atoms with Gasteiger partial charge in [-0.2, -0.15) is 0 Å². The summed E-state index contributed by atoms with van der Waals surface area (Å²) < 4.78 is 0. The van der Waals surface area contributed by atoms with Crippen molar-refractivity contribution >= 4 is 22.4 Å². The third-order valence-electron chi connectivity index (χ3n) is 3.21. The van der Waals surface area contributed by atoms with Crippen LogP contribution < -0.4 is 5.32 Å². The second kappa shape index (κ2) is 7.41. The van der Waals surface area contributed by atoms with Gasteiger partial charge in [-0.05, 0) is 11.5 Å². The van der Waals surface area contributed by atoms with Crippen LogP contribution >= 0.6 is 0 Å². The third-order valence-corrected chi connectivity index (χ3v) is 3.21. The van der Waals surface area contributed by atoms with E-state index >= 15 is 0 Å². The lowest BCUT2D eigenvalue weighted by atomic mass is 10.1. The quantitative estimate of drug-likeness (QED) is 0.788. The first-order valence-electron chi connectivity index (χ1n) is 6.96. The third kappa shape index (κ3) is 4.04. The van der Waals surface area contributed by atoms with E-state index in [-0.39, 0.29) is 5.91 Å². The van der Waals surface area contributed by atoms with Crippen LogP contribution in [0.4, 0.5) is 5.69 Å². The number of anilines is 1. The molecule has 1 N–H and O–H groups in total. The van der Waals surface area contributed by atoms with Gasteiger partial charge in [0, 0.05) is 24.2 Å². The first kappa shape index (κ1) is 15.0. The number of nitrogens with one attached hydrogen (secondary N) is 1. The molecule has 0 atom stereocenters. The zero-order valence-electron chi connectivity index (χ0n) is 12.1. The van der Waals surface area contributed by atoms with Crippen LogP contribution in [-0.4, -0.2) is 30.4 Å². The van der Waals surface area contributed by atoms with Crippen molar-refractivity contribution in [3.8, 4) is 0 Å². The Bertz CT molecular complexity index is 633. The number of fused-ring (bicyclic) bond motifs is 1. The van der Waals surface area contributed by atoms with Crippen LogP contribution in [0.25, 0.3) is 10.8 Å². The standard InChI is InChI=1S/C18H20N2O/c1-3-12-20(13-4-2)14-18(21)19-17-11-7-9-15-8-5-6-10-16(15)17/h3-11H,1-2,12-14H2,(H,19,21). The summed E-state index contributed by atoms with van der Waals surface area (Å²) in [5, 5.41) is 5.15. The van der Waals surface area contributed by atoms with Crippen molar-refractivity contribution in [1.29, 1.82) is 0 Å². The highest BCUT2D eigenvalue weighted by Gasteiger charge is 2.09. The number of rotatable bonds is 7. The molecule has 21 heavy (non-hydrogen) atoms. The summed E-state index contributed by atoms with van der Waals surface area (Å²) in [7, 11) is 0. The van der Waals surface area contributed by atoms with Gasteiger partial charge in [-0.3, -0.25) is 9.69 Å². The predicted octanol–water partition coefficient (Wildman–Crippen LogP) is 3.45. The Labute approximate surface area is 125 Å². The average molecular weight is 280 g/mol. The number of benzene rings is 2. The molecule has 0 saturated heterocycles. The number of nitrogens with zero attached hydrogens (tertiary/aromatic N) is 1. The van der Waals surface area contributed by atoms with E-state index in [9.17, 15) is 4.79 Å². The summed E-state index contributed by atoms with van der Waals surface area (Å²) in [5.41, 5.74) is 0.843. The minimum absolute atomic E-state index is 0.0324. The Morgan fingerprint density at radius 2 is 1.71 bits per heavy atom. The Morgan fingerprint density at radius 1 is 1.05 bits per heavy atom. The van der Waals surface area contributed by atoms with Gasteiger partial charge in [-0.15, -0.1) is 13.2 Å². The highest BCUT2D eigenvalue weighted by Crippen LogP contribution is 2.22. The summed E-state index contributed by atoms with van der Waals surface area (Å²) in [4.78, 5) is 14.2. The lowest BCUT2D eigenvalue weighted by Gasteiger charge is -2.18. The zero-order valence-corrected chi connectivity index (χ0v) is 12.1. The van der Waals surface area contributed by atoms with Gasteiger partial charge in [0.05, 0.1) is 6.54 Å². The van der Waals surface area contributed by atoms with E-state index in [4.69, 9.17) is 0 Å². The summed E-state index contributed by atoms with van der Waals surface area (Å²) >= 11 is 0. The Morgan fingerprint density at radius 3 is 2.43 bits per heavy atom. The van der Waals surface area contributed by atoms with Crippen LogP contribution in [0.1, 0.15) is 0 Å². The Kier molecular flexibility index (Phi) is 5.29. The van der Waals surface area contributed by atoms with Crippen LogP contribution in [0.2, 0.25) is 0 Å². The molecule has 0 radical (unpaired) electrons. The summed E-state index contributed by atoms with van der Waals surface area (Å²) in [6.07, 6.45) is 3.57. The van der Waals surface area contributed by atoms with Crippen molar-refractivity contribution < 1.29 is 4.79 Å². The Balaban J connectivity index is 2.10. The van der Waals surface area contributed by atoms with E-state index in [0.717, 1.165) is 16.5 Å². The number of hydrogen-bond donors (Lipinski definition) is 1. The largest absolute Gasteiger partial charge is 0.324 e. The van der Waals surface area contributed by atoms with Gasteiger partial charge in [0.15, 0.2) is 0 Å². The number of hydrogen-bond acceptors (Lipinski definition) is 2. The number of amides is 1. The summed E-state index contributed by atoms with van der Waals surface area (Å²) in [6.45, 7) is 9.06. The van der Waals surface area contributed by atoms with Crippen molar-refractivity contribution in [2.75, 3.05) is 25.0 Å². The monoisotopic (exact) mass is 280 g/mol. The summed E-state index contributed by atoms with van der Waals surface area (Å²) in [5.74, 6) is -0.0324. The molecule has 1 amide bonds. The maximum atomic E-state index is 12.2. The van der Waals surface area contributed by atoms with E-state index in [1.165, 1.54) is 0 Å². The smallest absolute Gasteiger partial charge is 0.238 e. The fraction of sp³-hybridized carbons (Fsp3) is 0.167. The molecular weight excluding hydrogens is 260 g/mol. The van der Waals surface area contributed by atoms with Crippen molar-refractivity contribution in [3.05, 3.63) is 67.8 Å². The second-order valence-corrected chi connectivity index (χ2v) is 4.85. The van der Waals surface area contributed by atoms with Gasteiger partial charge in [0.25, 0.3) is 0 Å². The molecular formula is C18H20N2O. The minimum Gasteiger partial charge on any atom is -0.324 e. The zero-order chi connectivity index (χ0) is 15.1. The van der Waals surface area contributed by atoms with Gasteiger partial charge >= 0.3 is 0 Å². The topological polar surface area (TPSA) is 32.3 Å². The van der Waals surface area contributed by atoms with Crippen molar-refractivity contribution in [1.82, 2.24) is 4.90 Å². The molecule has 0 bridgehead atoms. The molecule has 2 aromatic rings. The van der Waals surface area contributed by atoms with E-state index in [0.29, 0.717) is 19.6 Å². The lowest BCUT2D eigenvalue weighted by molar-refractivity contribution is -0.117. The maximum absolute atomic E-state index is 12.2.